The molecule has 2 aromatic carbocycles. The minimum atomic E-state index is -0.534. The molecule has 9 heteroatoms. The number of hydrogen-bond acceptors (Lipinski definition) is 7. The van der Waals surface area contributed by atoms with E-state index < -0.39 is 5.25 Å². The van der Waals surface area contributed by atoms with Gasteiger partial charge in [-0.05, 0) is 66.3 Å². The average molecular weight is 553 g/mol. The van der Waals surface area contributed by atoms with E-state index in [0.29, 0.717) is 38.9 Å². The monoisotopic (exact) mass is 552 g/mol. The van der Waals surface area contributed by atoms with Crippen molar-refractivity contribution in [3.05, 3.63) is 59.7 Å². The number of methoxy groups -OCH3 is 2. The molecule has 2 aromatic rings. The first-order valence-corrected chi connectivity index (χ1v) is 13.9. The van der Waals surface area contributed by atoms with Crippen molar-refractivity contribution < 1.29 is 23.9 Å². The molecule has 200 valence electrons. The SMILES string of the molecule is COc1ccc(/C=C/C(=O)c2ccc(N3C(=O)C[C@@H](SC(=S)N4C[C@H](C)C[C@@H](C)C4)C3=O)cc2)cc1OC. The first kappa shape index (κ1) is 27.9. The Morgan fingerprint density at radius 3 is 2.29 bits per heavy atom. The molecule has 0 bridgehead atoms. The summed E-state index contributed by atoms with van der Waals surface area (Å²) in [4.78, 5) is 42.0. The Hall–Kier alpha value is -3.17. The Balaban J connectivity index is 1.39. The van der Waals surface area contributed by atoms with Crippen molar-refractivity contribution in [2.75, 3.05) is 32.2 Å². The summed E-state index contributed by atoms with van der Waals surface area (Å²) in [6.45, 7) is 6.18. The number of ether oxygens (including phenoxy) is 2. The summed E-state index contributed by atoms with van der Waals surface area (Å²) in [5, 5.41) is -0.534. The number of likely N-dealkylation sites (tertiary alicyclic amines) is 1. The van der Waals surface area contributed by atoms with Crippen molar-refractivity contribution in [2.45, 2.75) is 31.9 Å². The zero-order chi connectivity index (χ0) is 27.4. The number of carbonyl (C=O) groups excluding carboxylic acids is 3. The number of imide groups is 1. The maximum Gasteiger partial charge on any atom is 0.247 e. The third-order valence-corrected chi connectivity index (χ3v) is 8.38. The second-order valence-corrected chi connectivity index (χ2v) is 11.7. The van der Waals surface area contributed by atoms with E-state index in [-0.39, 0.29) is 24.0 Å². The standard InChI is InChI=1S/C29H32N2O5S2/c1-18-13-19(2)17-30(16-18)29(37)38-26-15-27(33)31(28(26)34)22-9-7-21(8-10-22)23(32)11-5-20-6-12-24(35-3)25(14-20)36-4/h5-12,14,18-19,26H,13,15-17H2,1-4H3/b11-5+/t18-,19-,26-/m1/s1. The molecule has 7 nitrogen and oxygen atoms in total. The molecule has 2 aliphatic rings. The number of piperidine rings is 1. The summed E-state index contributed by atoms with van der Waals surface area (Å²) >= 11 is 6.96. The van der Waals surface area contributed by atoms with Crippen LogP contribution in [0.3, 0.4) is 0 Å². The van der Waals surface area contributed by atoms with Gasteiger partial charge in [-0.2, -0.15) is 0 Å². The second kappa shape index (κ2) is 12.1. The molecule has 38 heavy (non-hydrogen) atoms. The molecule has 0 radical (unpaired) electrons. The largest absolute Gasteiger partial charge is 0.493 e. The first-order valence-electron chi connectivity index (χ1n) is 12.6. The van der Waals surface area contributed by atoms with Crippen molar-refractivity contribution in [3.8, 4) is 11.5 Å². The van der Waals surface area contributed by atoms with E-state index in [1.54, 1.807) is 56.7 Å². The lowest BCUT2D eigenvalue weighted by molar-refractivity contribution is -0.121. The zero-order valence-electron chi connectivity index (χ0n) is 22.0. The third-order valence-electron chi connectivity index (χ3n) is 6.72. The number of thiocarbonyl (C=S) groups is 1. The first-order chi connectivity index (χ1) is 18.2. The predicted molar refractivity (Wildman–Crippen MR) is 155 cm³/mol. The van der Waals surface area contributed by atoms with Crippen LogP contribution in [0.2, 0.25) is 0 Å². The number of thioether (sulfide) groups is 1. The molecule has 2 heterocycles. The fourth-order valence-corrected chi connectivity index (χ4v) is 6.45. The number of allylic oxidation sites excluding steroid dienone is 1. The lowest BCUT2D eigenvalue weighted by atomic mass is 9.92. The van der Waals surface area contributed by atoms with Gasteiger partial charge in [0.05, 0.1) is 19.9 Å². The fraction of sp³-hybridized carbons (Fsp3) is 0.379. The van der Waals surface area contributed by atoms with Crippen LogP contribution in [0.5, 0.6) is 11.5 Å². The van der Waals surface area contributed by atoms with E-state index in [9.17, 15) is 14.4 Å². The fourth-order valence-electron chi connectivity index (χ4n) is 4.98. The van der Waals surface area contributed by atoms with Crippen LogP contribution in [0.4, 0.5) is 5.69 Å². The van der Waals surface area contributed by atoms with E-state index in [0.717, 1.165) is 18.7 Å². The van der Waals surface area contributed by atoms with Gasteiger partial charge in [0.2, 0.25) is 11.8 Å². The molecule has 0 aromatic heterocycles. The molecule has 0 unspecified atom stereocenters. The molecule has 2 aliphatic heterocycles. The highest BCUT2D eigenvalue weighted by atomic mass is 32.2. The molecule has 2 saturated heterocycles. The highest BCUT2D eigenvalue weighted by molar-refractivity contribution is 8.23. The molecule has 3 atom stereocenters. The normalized spacial score (nSPS) is 21.7. The Morgan fingerprint density at radius 1 is 1.00 bits per heavy atom. The summed E-state index contributed by atoms with van der Waals surface area (Å²) in [6, 6.07) is 11.9. The van der Waals surface area contributed by atoms with Crippen LogP contribution in [-0.4, -0.2) is 59.4 Å². The van der Waals surface area contributed by atoms with Gasteiger partial charge in [0.25, 0.3) is 0 Å². The zero-order valence-corrected chi connectivity index (χ0v) is 23.6. The van der Waals surface area contributed by atoms with Gasteiger partial charge in [0.15, 0.2) is 17.3 Å². The molecule has 2 amide bonds. The summed E-state index contributed by atoms with van der Waals surface area (Å²) < 4.78 is 11.2. The second-order valence-electron chi connectivity index (χ2n) is 9.85. The number of anilines is 1. The molecule has 4 rings (SSSR count). The van der Waals surface area contributed by atoms with Crippen LogP contribution in [0.25, 0.3) is 6.08 Å². The molecule has 0 saturated carbocycles. The quantitative estimate of drug-likeness (QED) is 0.200. The maximum atomic E-state index is 13.1. The van der Waals surface area contributed by atoms with Gasteiger partial charge in [-0.25, -0.2) is 4.90 Å². The van der Waals surface area contributed by atoms with Crippen LogP contribution in [-0.2, 0) is 9.59 Å². The van der Waals surface area contributed by atoms with Gasteiger partial charge < -0.3 is 14.4 Å². The van der Waals surface area contributed by atoms with Crippen LogP contribution in [0, 0.1) is 11.8 Å². The van der Waals surface area contributed by atoms with Crippen LogP contribution >= 0.6 is 24.0 Å². The van der Waals surface area contributed by atoms with Gasteiger partial charge in [0.1, 0.15) is 9.57 Å². The van der Waals surface area contributed by atoms with E-state index >= 15 is 0 Å². The number of ketones is 1. The predicted octanol–water partition coefficient (Wildman–Crippen LogP) is 5.23. The van der Waals surface area contributed by atoms with Crippen molar-refractivity contribution >= 4 is 57.7 Å². The number of amides is 2. The summed E-state index contributed by atoms with van der Waals surface area (Å²) in [7, 11) is 3.12. The van der Waals surface area contributed by atoms with Crippen molar-refractivity contribution in [1.82, 2.24) is 4.90 Å². The summed E-state index contributed by atoms with van der Waals surface area (Å²) in [5.41, 5.74) is 1.69. The van der Waals surface area contributed by atoms with Gasteiger partial charge in [-0.15, -0.1) is 0 Å². The van der Waals surface area contributed by atoms with E-state index in [1.165, 1.54) is 29.2 Å². The Kier molecular flexibility index (Phi) is 8.89. The van der Waals surface area contributed by atoms with E-state index in [2.05, 4.69) is 18.7 Å². The Bertz CT molecular complexity index is 1250. The number of hydrogen-bond donors (Lipinski definition) is 0. The van der Waals surface area contributed by atoms with Gasteiger partial charge in [-0.3, -0.25) is 14.4 Å². The van der Waals surface area contributed by atoms with Crippen molar-refractivity contribution in [3.63, 3.8) is 0 Å². The minimum Gasteiger partial charge on any atom is -0.493 e. The van der Waals surface area contributed by atoms with E-state index in [1.807, 2.05) is 6.07 Å². The van der Waals surface area contributed by atoms with E-state index in [4.69, 9.17) is 21.7 Å². The molecule has 2 fully saturated rings. The van der Waals surface area contributed by atoms with Gasteiger partial charge >= 0.3 is 0 Å². The highest BCUT2D eigenvalue weighted by Crippen LogP contribution is 2.33. The van der Waals surface area contributed by atoms with Crippen molar-refractivity contribution in [2.24, 2.45) is 11.8 Å². The number of nitrogens with zero attached hydrogens (tertiary/aromatic N) is 2. The molecule has 0 aliphatic carbocycles. The van der Waals surface area contributed by atoms with Crippen LogP contribution < -0.4 is 14.4 Å². The average Bonchev–Trinajstić information content (AvgIpc) is 3.18. The van der Waals surface area contributed by atoms with Crippen LogP contribution in [0.1, 0.15) is 42.6 Å². The number of carbonyl (C=O) groups is 3. The lowest BCUT2D eigenvalue weighted by Gasteiger charge is -2.36. The highest BCUT2D eigenvalue weighted by Gasteiger charge is 2.41. The smallest absolute Gasteiger partial charge is 0.247 e. The summed E-state index contributed by atoms with van der Waals surface area (Å²) in [5.74, 6) is 1.54. The van der Waals surface area contributed by atoms with Gasteiger partial charge in [-0.1, -0.05) is 50.0 Å². The summed E-state index contributed by atoms with van der Waals surface area (Å²) in [6.07, 6.45) is 4.44. The number of benzene rings is 2. The molecule has 0 N–H and O–H groups in total. The van der Waals surface area contributed by atoms with Crippen molar-refractivity contribution in [1.29, 1.82) is 0 Å². The van der Waals surface area contributed by atoms with Crippen LogP contribution in [0.15, 0.2) is 48.5 Å². The maximum absolute atomic E-state index is 13.1. The molecular formula is C29H32N2O5S2. The third kappa shape index (κ3) is 6.27. The topological polar surface area (TPSA) is 76.2 Å². The molecule has 0 spiro atoms. The van der Waals surface area contributed by atoms with Gasteiger partial charge in [0, 0.05) is 25.1 Å². The lowest BCUT2D eigenvalue weighted by Crippen LogP contribution is -2.41. The Labute approximate surface area is 233 Å². The number of rotatable bonds is 7. The Morgan fingerprint density at radius 2 is 1.66 bits per heavy atom. The minimum absolute atomic E-state index is 0.108. The molecular weight excluding hydrogens is 520 g/mol.